The van der Waals surface area contributed by atoms with Gasteiger partial charge in [0.1, 0.15) is 10.5 Å². The molecule has 0 heterocycles. The molecule has 0 aromatic heterocycles. The normalized spacial score (nSPS) is 11.9. The largest absolute Gasteiger partial charge is 0.382 e. The minimum absolute atomic E-state index is 0.113. The Morgan fingerprint density at radius 2 is 1.63 bits per heavy atom. The highest BCUT2D eigenvalue weighted by Gasteiger charge is 2.38. The minimum Gasteiger partial charge on any atom is -0.382 e. The van der Waals surface area contributed by atoms with E-state index in [1.165, 1.54) is 38.1 Å². The Bertz CT molecular complexity index is 989. The van der Waals surface area contributed by atoms with E-state index in [1.54, 1.807) is 18.2 Å². The van der Waals surface area contributed by atoms with Crippen molar-refractivity contribution in [3.63, 3.8) is 0 Å². The van der Waals surface area contributed by atoms with Gasteiger partial charge < -0.3 is 9.08 Å². The minimum atomic E-state index is -4.10. The first-order valence-corrected chi connectivity index (χ1v) is 11.7. The Morgan fingerprint density at radius 1 is 1.07 bits per heavy atom. The van der Waals surface area contributed by atoms with Crippen molar-refractivity contribution in [2.24, 2.45) is 0 Å². The lowest BCUT2D eigenvalue weighted by Gasteiger charge is -2.27. The second-order valence-electron chi connectivity index (χ2n) is 7.17. The summed E-state index contributed by atoms with van der Waals surface area (Å²) in [4.78, 5) is 12.3. The molecule has 2 aromatic rings. The highest BCUT2D eigenvalue weighted by molar-refractivity contribution is 7.88. The van der Waals surface area contributed by atoms with Gasteiger partial charge >= 0.3 is 10.1 Å². The van der Waals surface area contributed by atoms with Gasteiger partial charge in [0.15, 0.2) is 0 Å². The van der Waals surface area contributed by atoms with Gasteiger partial charge in [-0.2, -0.15) is 8.42 Å². The third-order valence-electron chi connectivity index (χ3n) is 4.82. The van der Waals surface area contributed by atoms with Crippen molar-refractivity contribution in [2.75, 3.05) is 29.7 Å². The molecule has 2 rings (SSSR count). The summed E-state index contributed by atoms with van der Waals surface area (Å²) in [6.45, 7) is 6.06. The second kappa shape index (κ2) is 9.85. The van der Waals surface area contributed by atoms with Crippen LogP contribution >= 0.6 is 23.2 Å². The number of non-ortho nitro benzene ring substituents is 1. The average molecular weight is 475 g/mol. The molecule has 0 spiro atoms. The molecule has 0 aliphatic heterocycles. The van der Waals surface area contributed by atoms with E-state index < -0.39 is 19.8 Å². The maximum Gasteiger partial charge on any atom is 0.318 e. The van der Waals surface area contributed by atoms with Crippen molar-refractivity contribution < 1.29 is 17.5 Å². The van der Waals surface area contributed by atoms with E-state index in [0.29, 0.717) is 30.4 Å². The molecule has 0 amide bonds. The Kier molecular flexibility index (Phi) is 7.96. The van der Waals surface area contributed by atoms with Gasteiger partial charge in [0.2, 0.25) is 0 Å². The van der Waals surface area contributed by atoms with Gasteiger partial charge in [0.25, 0.3) is 5.69 Å². The quantitative estimate of drug-likeness (QED) is 0.212. The first-order valence-electron chi connectivity index (χ1n) is 9.20. The van der Waals surface area contributed by atoms with Crippen molar-refractivity contribution in [3.05, 3.63) is 63.7 Å². The molecule has 0 bridgehead atoms. The van der Waals surface area contributed by atoms with Crippen LogP contribution in [-0.4, -0.2) is 38.2 Å². The molecule has 0 saturated heterocycles. The summed E-state index contributed by atoms with van der Waals surface area (Å²) in [6.07, 6.45) is 0. The molecule has 10 heteroatoms. The van der Waals surface area contributed by atoms with Crippen LogP contribution in [0, 0.1) is 17.0 Å². The molecule has 0 N–H and O–H groups in total. The highest BCUT2D eigenvalue weighted by Crippen LogP contribution is 2.34. The van der Waals surface area contributed by atoms with Crippen LogP contribution in [0.5, 0.6) is 5.75 Å². The van der Waals surface area contributed by atoms with Crippen LogP contribution in [0.3, 0.4) is 0 Å². The van der Waals surface area contributed by atoms with Gasteiger partial charge in [-0.25, -0.2) is 0 Å². The fourth-order valence-electron chi connectivity index (χ4n) is 2.95. The third-order valence-corrected chi connectivity index (χ3v) is 7.06. The molecule has 7 nitrogen and oxygen atoms in total. The van der Waals surface area contributed by atoms with E-state index in [9.17, 15) is 18.5 Å². The number of anilines is 1. The lowest BCUT2D eigenvalue weighted by atomic mass is 10.0. The zero-order valence-corrected chi connectivity index (χ0v) is 19.3. The number of alkyl halides is 2. The molecule has 2 aromatic carbocycles. The molecule has 0 aliphatic rings. The molecule has 0 fully saturated rings. The SMILES string of the molecule is Cc1cc(OS(=O)(=O)C(C)(C)c2ccc([N+](=O)[O-])cc2)ccc1N(CCCl)CCCl. The fraction of sp³-hybridized carbons (Fsp3) is 0.400. The molecule has 164 valence electrons. The molecular formula is C20H24Cl2N2O5S. The first kappa shape index (κ1) is 24.2. The number of benzene rings is 2. The van der Waals surface area contributed by atoms with E-state index in [2.05, 4.69) is 0 Å². The highest BCUT2D eigenvalue weighted by atomic mass is 35.5. The fourth-order valence-corrected chi connectivity index (χ4v) is 4.35. The van der Waals surface area contributed by atoms with Crippen molar-refractivity contribution in [3.8, 4) is 5.75 Å². The second-order valence-corrected chi connectivity index (χ2v) is 10.0. The summed E-state index contributed by atoms with van der Waals surface area (Å²) < 4.78 is 29.9. The van der Waals surface area contributed by atoms with Gasteiger partial charge in [0.05, 0.1) is 4.92 Å². The van der Waals surface area contributed by atoms with Crippen LogP contribution in [0.1, 0.15) is 25.0 Å². The maximum atomic E-state index is 13.0. The van der Waals surface area contributed by atoms with Crippen molar-refractivity contribution in [2.45, 2.75) is 25.5 Å². The van der Waals surface area contributed by atoms with Crippen LogP contribution in [0.15, 0.2) is 42.5 Å². The summed E-state index contributed by atoms with van der Waals surface area (Å²) >= 11 is 11.7. The van der Waals surface area contributed by atoms with E-state index >= 15 is 0 Å². The van der Waals surface area contributed by atoms with Gasteiger partial charge in [0, 0.05) is 42.7 Å². The number of hydrogen-bond donors (Lipinski definition) is 0. The van der Waals surface area contributed by atoms with E-state index in [4.69, 9.17) is 27.4 Å². The Balaban J connectivity index is 2.29. The predicted molar refractivity (Wildman–Crippen MR) is 121 cm³/mol. The van der Waals surface area contributed by atoms with Crippen molar-refractivity contribution >= 4 is 44.7 Å². The van der Waals surface area contributed by atoms with Crippen LogP contribution < -0.4 is 9.08 Å². The number of hydrogen-bond acceptors (Lipinski definition) is 6. The van der Waals surface area contributed by atoms with Crippen LogP contribution in [0.25, 0.3) is 0 Å². The Labute approximate surface area is 186 Å². The van der Waals surface area contributed by atoms with Crippen molar-refractivity contribution in [1.29, 1.82) is 0 Å². The molecule has 0 atom stereocenters. The van der Waals surface area contributed by atoms with Gasteiger partial charge in [-0.1, -0.05) is 12.1 Å². The first-order chi connectivity index (χ1) is 14.0. The monoisotopic (exact) mass is 474 g/mol. The molecular weight excluding hydrogens is 451 g/mol. The molecule has 0 unspecified atom stereocenters. The van der Waals surface area contributed by atoms with E-state index in [1.807, 2.05) is 11.8 Å². The van der Waals surface area contributed by atoms with Gasteiger partial charge in [-0.3, -0.25) is 10.1 Å². The lowest BCUT2D eigenvalue weighted by Crippen LogP contribution is -2.33. The Morgan fingerprint density at radius 3 is 2.10 bits per heavy atom. The zero-order valence-electron chi connectivity index (χ0n) is 17.0. The number of halogens is 2. The number of nitro benzene ring substituents is 1. The van der Waals surface area contributed by atoms with E-state index in [-0.39, 0.29) is 11.4 Å². The number of nitro groups is 1. The maximum absolute atomic E-state index is 13.0. The topological polar surface area (TPSA) is 89.8 Å². The van der Waals surface area contributed by atoms with Crippen LogP contribution in [-0.2, 0) is 14.9 Å². The van der Waals surface area contributed by atoms with E-state index in [0.717, 1.165) is 11.3 Å². The predicted octanol–water partition coefficient (Wildman–Crippen LogP) is 4.83. The van der Waals surface area contributed by atoms with Gasteiger partial charge in [-0.15, -0.1) is 23.2 Å². The Hall–Kier alpha value is -2.03. The number of aryl methyl sites for hydroxylation is 1. The summed E-state index contributed by atoms with van der Waals surface area (Å²) in [5.74, 6) is 1.06. The summed E-state index contributed by atoms with van der Waals surface area (Å²) in [7, 11) is -4.10. The van der Waals surface area contributed by atoms with Crippen molar-refractivity contribution in [1.82, 2.24) is 0 Å². The molecule has 0 saturated carbocycles. The molecule has 0 aliphatic carbocycles. The standard InChI is InChI=1S/C20H24Cl2N2O5S/c1-15-14-18(8-9-19(15)23(12-10-21)13-11-22)29-30(27,28)20(2,3)16-4-6-17(7-5-16)24(25)26/h4-9,14H,10-13H2,1-3H3. The van der Waals surface area contributed by atoms with Gasteiger partial charge in [-0.05, 0) is 50.1 Å². The number of rotatable bonds is 10. The number of nitrogens with zero attached hydrogens (tertiary/aromatic N) is 2. The molecule has 0 radical (unpaired) electrons. The molecule has 30 heavy (non-hydrogen) atoms. The zero-order chi connectivity index (χ0) is 22.5. The summed E-state index contributed by atoms with van der Waals surface area (Å²) in [5.41, 5.74) is 2.00. The lowest BCUT2D eigenvalue weighted by molar-refractivity contribution is -0.384. The van der Waals surface area contributed by atoms with Crippen LogP contribution in [0.2, 0.25) is 0 Å². The summed E-state index contributed by atoms with van der Waals surface area (Å²) in [5, 5.41) is 10.8. The summed E-state index contributed by atoms with van der Waals surface area (Å²) in [6, 6.07) is 10.4. The van der Waals surface area contributed by atoms with Crippen LogP contribution in [0.4, 0.5) is 11.4 Å². The average Bonchev–Trinajstić information content (AvgIpc) is 2.67. The third kappa shape index (κ3) is 5.36. The smallest absolute Gasteiger partial charge is 0.318 e.